The number of nitrogens with zero attached hydrogens (tertiary/aromatic N) is 5. The largest absolute Gasteiger partial charge is 0.383 e. The van der Waals surface area contributed by atoms with Gasteiger partial charge in [0.25, 0.3) is 5.69 Å². The molecule has 0 amide bonds. The monoisotopic (exact) mass is 218 g/mol. The summed E-state index contributed by atoms with van der Waals surface area (Å²) in [6, 6.07) is 1.21. The van der Waals surface area contributed by atoms with Crippen LogP contribution in [0.25, 0.3) is 10.4 Å². The van der Waals surface area contributed by atoms with Crippen molar-refractivity contribution in [2.45, 2.75) is 0 Å². The second kappa shape index (κ2) is 5.19. The lowest BCUT2D eigenvalue weighted by molar-refractivity contribution is -0.385. The molecule has 0 atom stereocenters. The van der Waals surface area contributed by atoms with Gasteiger partial charge in [-0.2, -0.15) is 0 Å². The van der Waals surface area contributed by atoms with E-state index in [4.69, 9.17) is 11.3 Å². The average Bonchev–Trinajstić information content (AvgIpc) is 2.26. The number of pyridine rings is 1. The van der Waals surface area contributed by atoms with Crippen LogP contribution in [0.1, 0.15) is 5.56 Å². The number of hydrogen-bond acceptors (Lipinski definition) is 5. The van der Waals surface area contributed by atoms with Crippen LogP contribution in [-0.2, 0) is 0 Å². The summed E-state index contributed by atoms with van der Waals surface area (Å²) in [5.74, 6) is 5.13. The van der Waals surface area contributed by atoms with E-state index >= 15 is 0 Å². The van der Waals surface area contributed by atoms with E-state index in [9.17, 15) is 10.1 Å². The molecular weight excluding hydrogens is 212 g/mol. The molecule has 0 spiro atoms. The first-order chi connectivity index (χ1) is 7.65. The van der Waals surface area contributed by atoms with Crippen LogP contribution in [0.5, 0.6) is 0 Å². The minimum absolute atomic E-state index is 0.0291. The van der Waals surface area contributed by atoms with E-state index in [0.717, 1.165) is 6.20 Å². The highest BCUT2D eigenvalue weighted by Crippen LogP contribution is 2.15. The number of nitrogens with two attached hydrogens (primary N) is 1. The lowest BCUT2D eigenvalue weighted by atomic mass is 10.2. The van der Waals surface area contributed by atoms with Crippen LogP contribution in [0.2, 0.25) is 0 Å². The van der Waals surface area contributed by atoms with E-state index in [0.29, 0.717) is 0 Å². The zero-order chi connectivity index (χ0) is 12.0. The molecule has 0 saturated carbocycles. The van der Waals surface area contributed by atoms with Crippen LogP contribution in [0.4, 0.5) is 11.5 Å². The Morgan fingerprint density at radius 3 is 3.12 bits per heavy atom. The van der Waals surface area contributed by atoms with Crippen LogP contribution in [-0.4, -0.2) is 16.5 Å². The van der Waals surface area contributed by atoms with Gasteiger partial charge in [-0.3, -0.25) is 10.1 Å². The van der Waals surface area contributed by atoms with Gasteiger partial charge in [-0.1, -0.05) is 17.0 Å². The topological polar surface area (TPSA) is 131 Å². The van der Waals surface area contributed by atoms with Crippen molar-refractivity contribution >= 4 is 11.5 Å². The Bertz CT molecular complexity index is 523. The highest BCUT2D eigenvalue weighted by Gasteiger charge is 2.08. The molecule has 1 aromatic rings. The normalized spacial score (nSPS) is 8.50. The Balaban J connectivity index is 3.01. The van der Waals surface area contributed by atoms with Crippen LogP contribution >= 0.6 is 0 Å². The summed E-state index contributed by atoms with van der Waals surface area (Å²) < 4.78 is 0. The van der Waals surface area contributed by atoms with Gasteiger partial charge in [0.05, 0.1) is 17.0 Å². The zero-order valence-electron chi connectivity index (χ0n) is 7.99. The molecule has 0 radical (unpaired) electrons. The Morgan fingerprint density at radius 2 is 2.50 bits per heavy atom. The van der Waals surface area contributed by atoms with E-state index in [-0.39, 0.29) is 23.6 Å². The summed E-state index contributed by atoms with van der Waals surface area (Å²) in [5.41, 5.74) is 13.5. The second-order valence-electron chi connectivity index (χ2n) is 2.57. The molecule has 8 nitrogen and oxygen atoms in total. The standard InChI is InChI=1S/C8H6N6O2/c9-8-6(2-1-3-12-13-10)4-7(5-11-8)14(15)16/h4-5H,3H2,(H2,9,11). The highest BCUT2D eigenvalue weighted by atomic mass is 16.6. The van der Waals surface area contributed by atoms with E-state index < -0.39 is 4.92 Å². The number of nitrogen functional groups attached to an aromatic ring is 1. The Morgan fingerprint density at radius 1 is 1.75 bits per heavy atom. The van der Waals surface area contributed by atoms with Crippen molar-refractivity contribution in [2.24, 2.45) is 5.11 Å². The summed E-state index contributed by atoms with van der Waals surface area (Å²) in [7, 11) is 0. The third-order valence-corrected chi connectivity index (χ3v) is 1.55. The third kappa shape index (κ3) is 2.87. The maximum atomic E-state index is 10.5. The van der Waals surface area contributed by atoms with E-state index in [1.54, 1.807) is 0 Å². The number of aromatic nitrogens is 1. The summed E-state index contributed by atoms with van der Waals surface area (Å²) in [6.45, 7) is -0.0291. The van der Waals surface area contributed by atoms with Crippen molar-refractivity contribution in [2.75, 3.05) is 12.3 Å². The Labute approximate surface area is 89.9 Å². The third-order valence-electron chi connectivity index (χ3n) is 1.55. The molecule has 1 rings (SSSR count). The molecule has 0 unspecified atom stereocenters. The van der Waals surface area contributed by atoms with Gasteiger partial charge < -0.3 is 5.73 Å². The molecule has 8 heteroatoms. The molecule has 0 saturated heterocycles. The quantitative estimate of drug-likeness (QED) is 0.199. The van der Waals surface area contributed by atoms with Crippen molar-refractivity contribution in [3.8, 4) is 11.8 Å². The first-order valence-corrected chi connectivity index (χ1v) is 4.05. The molecule has 1 aromatic heterocycles. The molecule has 0 aliphatic heterocycles. The molecule has 0 aliphatic rings. The van der Waals surface area contributed by atoms with Gasteiger partial charge >= 0.3 is 0 Å². The van der Waals surface area contributed by atoms with Crippen molar-refractivity contribution in [1.29, 1.82) is 0 Å². The van der Waals surface area contributed by atoms with Crippen LogP contribution in [0, 0.1) is 22.0 Å². The number of nitro groups is 1. The summed E-state index contributed by atoms with van der Waals surface area (Å²) in [6.07, 6.45) is 1.05. The zero-order valence-corrected chi connectivity index (χ0v) is 7.99. The fourth-order valence-corrected chi connectivity index (χ4v) is 0.866. The maximum absolute atomic E-state index is 10.5. The molecule has 0 bridgehead atoms. The number of rotatable bonds is 2. The average molecular weight is 218 g/mol. The molecule has 80 valence electrons. The molecule has 1 heterocycles. The second-order valence-corrected chi connectivity index (χ2v) is 2.57. The number of hydrogen-bond donors (Lipinski definition) is 1. The fourth-order valence-electron chi connectivity index (χ4n) is 0.866. The number of anilines is 1. The minimum atomic E-state index is -0.592. The van der Waals surface area contributed by atoms with Gasteiger partial charge in [-0.15, -0.1) is 0 Å². The smallest absolute Gasteiger partial charge is 0.288 e. The van der Waals surface area contributed by atoms with Gasteiger partial charge in [0.2, 0.25) is 0 Å². The summed E-state index contributed by atoms with van der Waals surface area (Å²) in [4.78, 5) is 16.0. The molecule has 0 aromatic carbocycles. The molecule has 2 N–H and O–H groups in total. The van der Waals surface area contributed by atoms with Gasteiger partial charge in [0.15, 0.2) is 0 Å². The van der Waals surface area contributed by atoms with Crippen LogP contribution < -0.4 is 5.73 Å². The van der Waals surface area contributed by atoms with Crippen LogP contribution in [0.3, 0.4) is 0 Å². The Hall–Kier alpha value is -2.78. The Kier molecular flexibility index (Phi) is 3.66. The van der Waals surface area contributed by atoms with Gasteiger partial charge in [0, 0.05) is 11.0 Å². The molecule has 16 heavy (non-hydrogen) atoms. The van der Waals surface area contributed by atoms with Crippen molar-refractivity contribution in [3.63, 3.8) is 0 Å². The molecule has 0 fully saturated rings. The highest BCUT2D eigenvalue weighted by molar-refractivity contribution is 5.54. The molecular formula is C8H6N6O2. The first-order valence-electron chi connectivity index (χ1n) is 4.05. The van der Waals surface area contributed by atoms with Crippen molar-refractivity contribution in [3.05, 3.63) is 38.4 Å². The minimum Gasteiger partial charge on any atom is -0.383 e. The summed E-state index contributed by atoms with van der Waals surface area (Å²) >= 11 is 0. The lowest BCUT2D eigenvalue weighted by Crippen LogP contribution is -1.97. The van der Waals surface area contributed by atoms with Crippen molar-refractivity contribution in [1.82, 2.24) is 4.98 Å². The van der Waals surface area contributed by atoms with Gasteiger partial charge in [-0.05, 0) is 5.53 Å². The van der Waals surface area contributed by atoms with Gasteiger partial charge in [0.1, 0.15) is 12.0 Å². The maximum Gasteiger partial charge on any atom is 0.288 e. The lowest BCUT2D eigenvalue weighted by Gasteiger charge is -1.96. The van der Waals surface area contributed by atoms with E-state index in [2.05, 4.69) is 26.9 Å². The number of azide groups is 1. The van der Waals surface area contributed by atoms with E-state index in [1.807, 2.05) is 0 Å². The fraction of sp³-hybridized carbons (Fsp3) is 0.125. The predicted molar refractivity (Wildman–Crippen MR) is 56.2 cm³/mol. The van der Waals surface area contributed by atoms with Crippen LogP contribution in [0.15, 0.2) is 17.4 Å². The van der Waals surface area contributed by atoms with Gasteiger partial charge in [-0.25, -0.2) is 4.98 Å². The van der Waals surface area contributed by atoms with E-state index in [1.165, 1.54) is 6.07 Å². The van der Waals surface area contributed by atoms with Crippen molar-refractivity contribution < 1.29 is 4.92 Å². The first kappa shape index (κ1) is 11.3. The predicted octanol–water partition coefficient (Wildman–Crippen LogP) is 1.23. The molecule has 0 aliphatic carbocycles. The SMILES string of the molecule is [N-]=[N+]=NCC#Cc1cc([N+](=O)[O-])cnc1N. The summed E-state index contributed by atoms with van der Waals surface area (Å²) in [5, 5.41) is 13.6.